The predicted molar refractivity (Wildman–Crippen MR) is 79.0 cm³/mol. The SMILES string of the molecule is CC(C)c1ccc(S([NH])(=O)=O)c(C(C)C)c1C(C)C. The van der Waals surface area contributed by atoms with Crippen molar-refractivity contribution in [3.05, 3.63) is 28.8 Å². The lowest BCUT2D eigenvalue weighted by atomic mass is 9.83. The number of benzene rings is 1. The summed E-state index contributed by atoms with van der Waals surface area (Å²) in [5, 5.41) is 7.39. The van der Waals surface area contributed by atoms with E-state index in [0.717, 1.165) is 11.1 Å². The average Bonchev–Trinajstić information content (AvgIpc) is 2.25. The third-order valence-corrected chi connectivity index (χ3v) is 4.28. The maximum absolute atomic E-state index is 11.7. The lowest BCUT2D eigenvalue weighted by Gasteiger charge is -2.24. The van der Waals surface area contributed by atoms with Gasteiger partial charge >= 0.3 is 0 Å². The summed E-state index contributed by atoms with van der Waals surface area (Å²) in [6.07, 6.45) is 0. The third-order valence-electron chi connectivity index (χ3n) is 3.35. The van der Waals surface area contributed by atoms with Crippen molar-refractivity contribution in [2.24, 2.45) is 0 Å². The summed E-state index contributed by atoms with van der Waals surface area (Å²) in [6, 6.07) is 3.46. The smallest absolute Gasteiger partial charge is 0.206 e. The van der Waals surface area contributed by atoms with E-state index in [0.29, 0.717) is 5.92 Å². The molecule has 1 aromatic rings. The van der Waals surface area contributed by atoms with Crippen LogP contribution < -0.4 is 5.14 Å². The van der Waals surface area contributed by atoms with Gasteiger partial charge in [0.05, 0.1) is 4.90 Å². The Hall–Kier alpha value is -0.870. The van der Waals surface area contributed by atoms with Gasteiger partial charge in [-0.1, -0.05) is 47.6 Å². The van der Waals surface area contributed by atoms with Crippen molar-refractivity contribution in [1.82, 2.24) is 5.14 Å². The molecule has 0 aliphatic rings. The zero-order valence-corrected chi connectivity index (χ0v) is 13.4. The maximum atomic E-state index is 11.7. The van der Waals surface area contributed by atoms with Gasteiger partial charge in [-0.05, 0) is 40.5 Å². The van der Waals surface area contributed by atoms with Crippen LogP contribution in [-0.4, -0.2) is 8.42 Å². The highest BCUT2D eigenvalue weighted by Gasteiger charge is 2.24. The Morgan fingerprint density at radius 3 is 1.63 bits per heavy atom. The molecule has 1 aromatic carbocycles. The molecule has 0 atom stereocenters. The Balaban J connectivity index is 3.79. The first-order valence-corrected chi connectivity index (χ1v) is 8.22. The van der Waals surface area contributed by atoms with Gasteiger partial charge in [0.1, 0.15) is 0 Å². The lowest BCUT2D eigenvalue weighted by molar-refractivity contribution is 0.592. The van der Waals surface area contributed by atoms with E-state index in [1.54, 1.807) is 6.07 Å². The van der Waals surface area contributed by atoms with Gasteiger partial charge in [-0.15, -0.1) is 5.14 Å². The fraction of sp³-hybridized carbons (Fsp3) is 0.600. The summed E-state index contributed by atoms with van der Waals surface area (Å²) in [5.74, 6) is 0.681. The molecule has 0 saturated carbocycles. The number of nitrogens with one attached hydrogen (secondary N) is 1. The highest BCUT2D eigenvalue weighted by Crippen LogP contribution is 2.37. The lowest BCUT2D eigenvalue weighted by Crippen LogP contribution is -2.13. The Labute approximate surface area is 117 Å². The topological polar surface area (TPSA) is 57.9 Å². The van der Waals surface area contributed by atoms with Crippen LogP contribution in [0.25, 0.3) is 0 Å². The van der Waals surface area contributed by atoms with E-state index in [9.17, 15) is 8.42 Å². The second kappa shape index (κ2) is 5.63. The molecule has 0 saturated heterocycles. The normalized spacial score (nSPS) is 12.7. The van der Waals surface area contributed by atoms with Crippen LogP contribution in [0.15, 0.2) is 17.0 Å². The minimum absolute atomic E-state index is 0.0891. The average molecular weight is 282 g/mol. The number of hydrogen-bond donors (Lipinski definition) is 0. The van der Waals surface area contributed by atoms with Gasteiger partial charge in [-0.25, -0.2) is 8.42 Å². The standard InChI is InChI=1S/C15H24NO2S/c1-9(2)12-7-8-13(19(16,17)18)15(11(5)6)14(12)10(3)4/h7-11,16H,1-6H3. The molecule has 1 radical (unpaired) electrons. The van der Waals surface area contributed by atoms with Crippen molar-refractivity contribution >= 4 is 10.0 Å². The van der Waals surface area contributed by atoms with Gasteiger partial charge in [0.15, 0.2) is 0 Å². The van der Waals surface area contributed by atoms with E-state index in [1.165, 1.54) is 5.56 Å². The van der Waals surface area contributed by atoms with E-state index in [4.69, 9.17) is 5.14 Å². The van der Waals surface area contributed by atoms with Gasteiger partial charge < -0.3 is 0 Å². The first-order valence-electron chi connectivity index (χ1n) is 6.73. The van der Waals surface area contributed by atoms with Crippen LogP contribution in [0.1, 0.15) is 76.0 Å². The summed E-state index contributed by atoms with van der Waals surface area (Å²) in [6.45, 7) is 12.3. The van der Waals surface area contributed by atoms with Crippen LogP contribution in [0.3, 0.4) is 0 Å². The molecule has 0 aliphatic heterocycles. The largest absolute Gasteiger partial charge is 0.254 e. The van der Waals surface area contributed by atoms with E-state index < -0.39 is 10.0 Å². The molecule has 0 spiro atoms. The van der Waals surface area contributed by atoms with Gasteiger partial charge in [0.25, 0.3) is 10.0 Å². The first-order chi connectivity index (χ1) is 8.57. The van der Waals surface area contributed by atoms with E-state index in [-0.39, 0.29) is 16.7 Å². The second-order valence-corrected chi connectivity index (χ2v) is 7.39. The summed E-state index contributed by atoms with van der Waals surface area (Å²) in [5.41, 5.74) is 3.10. The Morgan fingerprint density at radius 2 is 1.32 bits per heavy atom. The molecule has 107 valence electrons. The third kappa shape index (κ3) is 3.37. The molecule has 3 nitrogen and oxygen atoms in total. The molecule has 0 heterocycles. The fourth-order valence-corrected chi connectivity index (χ4v) is 3.49. The van der Waals surface area contributed by atoms with Crippen molar-refractivity contribution in [1.29, 1.82) is 0 Å². The zero-order valence-electron chi connectivity index (χ0n) is 12.6. The molecule has 19 heavy (non-hydrogen) atoms. The van der Waals surface area contributed by atoms with Crippen LogP contribution in [0.4, 0.5) is 0 Å². The van der Waals surface area contributed by atoms with E-state index >= 15 is 0 Å². The molecule has 0 fully saturated rings. The molecule has 0 amide bonds. The van der Waals surface area contributed by atoms with E-state index in [1.807, 2.05) is 19.9 Å². The van der Waals surface area contributed by atoms with Crippen LogP contribution in [-0.2, 0) is 10.0 Å². The summed E-state index contributed by atoms with van der Waals surface area (Å²) in [7, 11) is -3.93. The molecule has 0 unspecified atom stereocenters. The van der Waals surface area contributed by atoms with Crippen molar-refractivity contribution in [2.75, 3.05) is 0 Å². The van der Waals surface area contributed by atoms with Crippen molar-refractivity contribution in [3.8, 4) is 0 Å². The quantitative estimate of drug-likeness (QED) is 0.837. The summed E-state index contributed by atoms with van der Waals surface area (Å²) in [4.78, 5) is 0.163. The van der Waals surface area contributed by atoms with Crippen molar-refractivity contribution in [3.63, 3.8) is 0 Å². The van der Waals surface area contributed by atoms with Crippen LogP contribution in [0.5, 0.6) is 0 Å². The number of rotatable bonds is 4. The monoisotopic (exact) mass is 282 g/mol. The highest BCUT2D eigenvalue weighted by atomic mass is 32.2. The van der Waals surface area contributed by atoms with Gasteiger partial charge in [-0.2, -0.15) is 0 Å². The number of hydrogen-bond acceptors (Lipinski definition) is 2. The molecule has 0 aromatic heterocycles. The highest BCUT2D eigenvalue weighted by molar-refractivity contribution is 7.88. The van der Waals surface area contributed by atoms with Gasteiger partial charge in [0, 0.05) is 0 Å². The predicted octanol–water partition coefficient (Wildman–Crippen LogP) is 4.03. The molecule has 0 bridgehead atoms. The molecule has 4 heteroatoms. The van der Waals surface area contributed by atoms with Crippen molar-refractivity contribution in [2.45, 2.75) is 64.2 Å². The molecule has 1 N–H and O–H groups in total. The molecular weight excluding hydrogens is 258 g/mol. The zero-order chi connectivity index (χ0) is 15.0. The van der Waals surface area contributed by atoms with Crippen LogP contribution in [0.2, 0.25) is 0 Å². The van der Waals surface area contributed by atoms with Crippen LogP contribution in [0, 0.1) is 0 Å². The molecular formula is C15H24NO2S. The van der Waals surface area contributed by atoms with Gasteiger partial charge in [0.2, 0.25) is 0 Å². The van der Waals surface area contributed by atoms with Crippen LogP contribution >= 0.6 is 0 Å². The maximum Gasteiger partial charge on any atom is 0.254 e. The Bertz CT molecular complexity index is 558. The second-order valence-electron chi connectivity index (χ2n) is 5.95. The number of sulfonamides is 1. The minimum atomic E-state index is -3.93. The summed E-state index contributed by atoms with van der Waals surface area (Å²) >= 11 is 0. The molecule has 1 rings (SSSR count). The van der Waals surface area contributed by atoms with Gasteiger partial charge in [-0.3, -0.25) is 0 Å². The molecule has 0 aliphatic carbocycles. The Morgan fingerprint density at radius 1 is 0.842 bits per heavy atom. The summed E-state index contributed by atoms with van der Waals surface area (Å²) < 4.78 is 23.4. The first kappa shape index (κ1) is 16.2. The van der Waals surface area contributed by atoms with Crippen molar-refractivity contribution < 1.29 is 8.42 Å². The van der Waals surface area contributed by atoms with E-state index in [2.05, 4.69) is 27.7 Å². The fourth-order valence-electron chi connectivity index (χ4n) is 2.61. The minimum Gasteiger partial charge on any atom is -0.206 e. The Kier molecular flexibility index (Phi) is 4.80.